The summed E-state index contributed by atoms with van der Waals surface area (Å²) in [7, 11) is 1.68. The van der Waals surface area contributed by atoms with Gasteiger partial charge < -0.3 is 15.0 Å². The Kier molecular flexibility index (Phi) is 3.02. The molecule has 1 aromatic carbocycles. The first-order valence-electron chi connectivity index (χ1n) is 6.27. The number of pyridine rings is 1. The molecule has 1 fully saturated rings. The fraction of sp³-hybridized carbons (Fsp3) is 0.357. The quantitative estimate of drug-likeness (QED) is 0.870. The van der Waals surface area contributed by atoms with Crippen LogP contribution in [0.2, 0.25) is 0 Å². The van der Waals surface area contributed by atoms with Crippen LogP contribution >= 0.6 is 0 Å². The number of nitrogens with zero attached hydrogens (tertiary/aromatic N) is 2. The van der Waals surface area contributed by atoms with Crippen LogP contribution in [0.1, 0.15) is 0 Å². The van der Waals surface area contributed by atoms with Crippen molar-refractivity contribution in [3.63, 3.8) is 0 Å². The summed E-state index contributed by atoms with van der Waals surface area (Å²) in [6.07, 6.45) is 1.87. The van der Waals surface area contributed by atoms with Crippen LogP contribution in [0.4, 0.5) is 5.69 Å². The Hall–Kier alpha value is -1.81. The number of benzene rings is 1. The minimum Gasteiger partial charge on any atom is -0.497 e. The van der Waals surface area contributed by atoms with Crippen LogP contribution < -0.4 is 15.0 Å². The molecular formula is C14H17N3O. The summed E-state index contributed by atoms with van der Waals surface area (Å²) in [4.78, 5) is 6.83. The lowest BCUT2D eigenvalue weighted by Gasteiger charge is -2.30. The Labute approximate surface area is 107 Å². The second kappa shape index (κ2) is 4.82. The molecule has 0 spiro atoms. The fourth-order valence-corrected chi connectivity index (χ4v) is 2.42. The number of rotatable bonds is 2. The number of methoxy groups -OCH3 is 1. The summed E-state index contributed by atoms with van der Waals surface area (Å²) in [6.45, 7) is 4.18. The Morgan fingerprint density at radius 2 is 2.06 bits per heavy atom. The van der Waals surface area contributed by atoms with Crippen LogP contribution in [-0.4, -0.2) is 38.3 Å². The molecule has 0 radical (unpaired) electrons. The van der Waals surface area contributed by atoms with Gasteiger partial charge in [0.15, 0.2) is 0 Å². The van der Waals surface area contributed by atoms with E-state index in [-0.39, 0.29) is 0 Å². The lowest BCUT2D eigenvalue weighted by atomic mass is 10.1. The van der Waals surface area contributed by atoms with Crippen LogP contribution in [-0.2, 0) is 0 Å². The first-order valence-corrected chi connectivity index (χ1v) is 6.27. The zero-order chi connectivity index (χ0) is 12.4. The van der Waals surface area contributed by atoms with Crippen molar-refractivity contribution in [1.29, 1.82) is 0 Å². The second-order valence-corrected chi connectivity index (χ2v) is 4.45. The first kappa shape index (κ1) is 11.3. The van der Waals surface area contributed by atoms with Gasteiger partial charge in [-0.25, -0.2) is 0 Å². The number of piperazine rings is 1. The molecule has 2 heterocycles. The molecule has 1 saturated heterocycles. The smallest absolute Gasteiger partial charge is 0.121 e. The number of aromatic nitrogens is 1. The third kappa shape index (κ3) is 1.99. The van der Waals surface area contributed by atoms with Crippen molar-refractivity contribution in [3.8, 4) is 5.75 Å². The third-order valence-electron chi connectivity index (χ3n) is 3.38. The van der Waals surface area contributed by atoms with Gasteiger partial charge in [0.2, 0.25) is 0 Å². The Morgan fingerprint density at radius 1 is 1.22 bits per heavy atom. The molecule has 4 heteroatoms. The Balaban J connectivity index is 2.05. The largest absolute Gasteiger partial charge is 0.497 e. The van der Waals surface area contributed by atoms with Gasteiger partial charge in [-0.1, -0.05) is 0 Å². The number of ether oxygens (including phenoxy) is 1. The van der Waals surface area contributed by atoms with Crippen LogP contribution in [0.3, 0.4) is 0 Å². The van der Waals surface area contributed by atoms with E-state index in [0.717, 1.165) is 37.4 Å². The predicted molar refractivity (Wildman–Crippen MR) is 73.4 cm³/mol. The van der Waals surface area contributed by atoms with Gasteiger partial charge in [0.1, 0.15) is 5.75 Å². The zero-order valence-corrected chi connectivity index (χ0v) is 10.5. The summed E-state index contributed by atoms with van der Waals surface area (Å²) in [5.41, 5.74) is 2.26. The average Bonchev–Trinajstić information content (AvgIpc) is 2.47. The summed E-state index contributed by atoms with van der Waals surface area (Å²) in [6, 6.07) is 8.18. The van der Waals surface area contributed by atoms with Crippen molar-refractivity contribution < 1.29 is 4.74 Å². The Bertz CT molecular complexity index is 550. The lowest BCUT2D eigenvalue weighted by molar-refractivity contribution is 0.415. The highest BCUT2D eigenvalue weighted by atomic mass is 16.5. The molecule has 1 aromatic heterocycles. The maximum atomic E-state index is 5.24. The van der Waals surface area contributed by atoms with E-state index in [1.165, 1.54) is 11.1 Å². The van der Waals surface area contributed by atoms with E-state index in [9.17, 15) is 0 Å². The van der Waals surface area contributed by atoms with Crippen LogP contribution in [0.25, 0.3) is 10.9 Å². The molecule has 2 aromatic rings. The molecule has 0 atom stereocenters. The van der Waals surface area contributed by atoms with Gasteiger partial charge in [-0.3, -0.25) is 4.98 Å². The van der Waals surface area contributed by atoms with Crippen molar-refractivity contribution in [3.05, 3.63) is 30.5 Å². The molecular weight excluding hydrogens is 226 g/mol. The van der Waals surface area contributed by atoms with Crippen molar-refractivity contribution in [1.82, 2.24) is 10.3 Å². The van der Waals surface area contributed by atoms with Gasteiger partial charge >= 0.3 is 0 Å². The van der Waals surface area contributed by atoms with Crippen molar-refractivity contribution in [2.45, 2.75) is 0 Å². The van der Waals surface area contributed by atoms with Gasteiger partial charge in [0, 0.05) is 49.5 Å². The number of fused-ring (bicyclic) bond motifs is 1. The minimum absolute atomic E-state index is 0.854. The topological polar surface area (TPSA) is 37.4 Å². The summed E-state index contributed by atoms with van der Waals surface area (Å²) in [5, 5.41) is 4.57. The van der Waals surface area contributed by atoms with Gasteiger partial charge in [-0.05, 0) is 18.2 Å². The first-order chi connectivity index (χ1) is 8.88. The number of hydrogen-bond donors (Lipinski definition) is 1. The molecule has 1 aliphatic rings. The molecule has 94 valence electrons. The molecule has 0 amide bonds. The van der Waals surface area contributed by atoms with E-state index in [4.69, 9.17) is 4.74 Å². The van der Waals surface area contributed by atoms with Gasteiger partial charge in [0.05, 0.1) is 12.6 Å². The van der Waals surface area contributed by atoms with Crippen LogP contribution in [0, 0.1) is 0 Å². The molecule has 0 bridgehead atoms. The van der Waals surface area contributed by atoms with E-state index >= 15 is 0 Å². The van der Waals surface area contributed by atoms with E-state index in [1.807, 2.05) is 18.3 Å². The van der Waals surface area contributed by atoms with Crippen molar-refractivity contribution in [2.24, 2.45) is 0 Å². The van der Waals surface area contributed by atoms with Crippen LogP contribution in [0.15, 0.2) is 30.5 Å². The third-order valence-corrected chi connectivity index (χ3v) is 3.38. The monoisotopic (exact) mass is 243 g/mol. The lowest BCUT2D eigenvalue weighted by Crippen LogP contribution is -2.43. The maximum Gasteiger partial charge on any atom is 0.121 e. The molecule has 1 N–H and O–H groups in total. The minimum atomic E-state index is 0.854. The number of nitrogens with one attached hydrogen (secondary N) is 1. The number of anilines is 1. The zero-order valence-electron chi connectivity index (χ0n) is 10.5. The molecule has 4 nitrogen and oxygen atoms in total. The van der Waals surface area contributed by atoms with Gasteiger partial charge in [-0.15, -0.1) is 0 Å². The van der Waals surface area contributed by atoms with E-state index < -0.39 is 0 Å². The molecule has 0 unspecified atom stereocenters. The van der Waals surface area contributed by atoms with Gasteiger partial charge in [-0.2, -0.15) is 0 Å². The molecule has 3 rings (SSSR count). The molecule has 1 aliphatic heterocycles. The highest BCUT2D eigenvalue weighted by molar-refractivity contribution is 5.92. The molecule has 18 heavy (non-hydrogen) atoms. The standard InChI is InChI=1S/C14H17N3O/c1-18-11-2-3-12-13(10-11)16-5-4-14(12)17-8-6-15-7-9-17/h2-5,10,15H,6-9H2,1H3. The summed E-state index contributed by atoms with van der Waals surface area (Å²) in [5.74, 6) is 0.854. The highest BCUT2D eigenvalue weighted by Crippen LogP contribution is 2.28. The normalized spacial score (nSPS) is 15.9. The van der Waals surface area contributed by atoms with E-state index in [2.05, 4.69) is 27.3 Å². The Morgan fingerprint density at radius 3 is 2.83 bits per heavy atom. The number of hydrogen-bond acceptors (Lipinski definition) is 4. The van der Waals surface area contributed by atoms with Crippen molar-refractivity contribution in [2.75, 3.05) is 38.2 Å². The van der Waals surface area contributed by atoms with E-state index in [0.29, 0.717) is 0 Å². The summed E-state index contributed by atoms with van der Waals surface area (Å²) >= 11 is 0. The van der Waals surface area contributed by atoms with Gasteiger partial charge in [0.25, 0.3) is 0 Å². The van der Waals surface area contributed by atoms with E-state index in [1.54, 1.807) is 7.11 Å². The molecule has 0 aliphatic carbocycles. The SMILES string of the molecule is COc1ccc2c(N3CCNCC3)ccnc2c1. The highest BCUT2D eigenvalue weighted by Gasteiger charge is 2.13. The fourth-order valence-electron chi connectivity index (χ4n) is 2.42. The molecule has 0 saturated carbocycles. The summed E-state index contributed by atoms with van der Waals surface area (Å²) < 4.78 is 5.24. The predicted octanol–water partition coefficient (Wildman–Crippen LogP) is 1.65. The second-order valence-electron chi connectivity index (χ2n) is 4.45. The maximum absolute atomic E-state index is 5.24. The van der Waals surface area contributed by atoms with Crippen LogP contribution in [0.5, 0.6) is 5.75 Å². The van der Waals surface area contributed by atoms with Crippen molar-refractivity contribution >= 4 is 16.6 Å². The average molecular weight is 243 g/mol.